The van der Waals surface area contributed by atoms with Crippen molar-refractivity contribution in [2.75, 3.05) is 6.54 Å². The van der Waals surface area contributed by atoms with Gasteiger partial charge in [0.05, 0.1) is 26.7 Å². The molecule has 0 aliphatic rings. The Morgan fingerprint density at radius 1 is 1.09 bits per heavy atom. The van der Waals surface area contributed by atoms with Crippen LogP contribution in [0, 0.1) is 0 Å². The standard InChI is InChI=1S/C22H18Cl3F3N2O2/c1-3-29-20(31)12(2)30-21(32)14-7-4-13(5-8-14)6-9-16(22(26,27)28)15-10-17(23)19(25)18(24)11-15/h4-11,16H,2-3H2,1H3,(H,29,31)(H,30,32). The number of halogens is 6. The van der Waals surface area contributed by atoms with Crippen LogP contribution in [0.1, 0.15) is 34.3 Å². The minimum atomic E-state index is -4.60. The van der Waals surface area contributed by atoms with Crippen molar-refractivity contribution in [3.8, 4) is 0 Å². The van der Waals surface area contributed by atoms with Crippen molar-refractivity contribution in [1.29, 1.82) is 0 Å². The molecule has 0 aromatic heterocycles. The molecule has 2 aromatic carbocycles. The fourth-order valence-electron chi connectivity index (χ4n) is 2.65. The van der Waals surface area contributed by atoms with Crippen LogP contribution < -0.4 is 10.6 Å². The summed E-state index contributed by atoms with van der Waals surface area (Å²) in [5.41, 5.74) is 0.350. The molecular formula is C22H18Cl3F3N2O2. The lowest BCUT2D eigenvalue weighted by atomic mass is 9.97. The average molecular weight is 506 g/mol. The van der Waals surface area contributed by atoms with Gasteiger partial charge in [-0.2, -0.15) is 13.2 Å². The maximum absolute atomic E-state index is 13.6. The van der Waals surface area contributed by atoms with Crippen LogP contribution in [0.3, 0.4) is 0 Å². The van der Waals surface area contributed by atoms with E-state index in [9.17, 15) is 22.8 Å². The molecule has 10 heteroatoms. The second-order valence-corrected chi connectivity index (χ2v) is 7.78. The van der Waals surface area contributed by atoms with Crippen molar-refractivity contribution in [1.82, 2.24) is 10.6 Å². The molecule has 2 N–H and O–H groups in total. The molecule has 32 heavy (non-hydrogen) atoms. The molecule has 0 heterocycles. The average Bonchev–Trinajstić information content (AvgIpc) is 2.71. The third kappa shape index (κ3) is 6.76. The summed E-state index contributed by atoms with van der Waals surface area (Å²) in [6, 6.07) is 8.00. The first-order chi connectivity index (χ1) is 14.9. The first kappa shape index (κ1) is 25.8. The van der Waals surface area contributed by atoms with Gasteiger partial charge in [-0.25, -0.2) is 0 Å². The highest BCUT2D eigenvalue weighted by Crippen LogP contribution is 2.41. The summed E-state index contributed by atoms with van der Waals surface area (Å²) in [7, 11) is 0. The van der Waals surface area contributed by atoms with Crippen LogP contribution >= 0.6 is 34.8 Å². The van der Waals surface area contributed by atoms with Gasteiger partial charge in [0, 0.05) is 12.1 Å². The van der Waals surface area contributed by atoms with Gasteiger partial charge in [-0.3, -0.25) is 9.59 Å². The van der Waals surface area contributed by atoms with E-state index in [4.69, 9.17) is 34.8 Å². The molecule has 0 aliphatic carbocycles. The maximum Gasteiger partial charge on any atom is 0.399 e. The van der Waals surface area contributed by atoms with E-state index in [2.05, 4.69) is 17.2 Å². The van der Waals surface area contributed by atoms with E-state index < -0.39 is 23.9 Å². The topological polar surface area (TPSA) is 58.2 Å². The quantitative estimate of drug-likeness (QED) is 0.339. The summed E-state index contributed by atoms with van der Waals surface area (Å²) >= 11 is 17.6. The number of carbonyl (C=O) groups is 2. The number of hydrogen-bond donors (Lipinski definition) is 2. The Kier molecular flexibility index (Phi) is 8.78. The lowest BCUT2D eigenvalue weighted by Crippen LogP contribution is -2.34. The molecule has 2 rings (SSSR count). The van der Waals surface area contributed by atoms with Crippen molar-refractivity contribution >= 4 is 52.7 Å². The van der Waals surface area contributed by atoms with E-state index in [-0.39, 0.29) is 31.9 Å². The van der Waals surface area contributed by atoms with Crippen LogP contribution in [0.5, 0.6) is 0 Å². The Hall–Kier alpha value is -2.48. The molecular weight excluding hydrogens is 488 g/mol. The van der Waals surface area contributed by atoms with Crippen LogP contribution in [0.4, 0.5) is 13.2 Å². The van der Waals surface area contributed by atoms with Crippen LogP contribution in [-0.4, -0.2) is 24.5 Å². The molecule has 0 fully saturated rings. The molecule has 0 saturated heterocycles. The Labute approximate surface area is 198 Å². The highest BCUT2D eigenvalue weighted by molar-refractivity contribution is 6.48. The second kappa shape index (κ2) is 10.9. The summed E-state index contributed by atoms with van der Waals surface area (Å²) in [4.78, 5) is 23.8. The van der Waals surface area contributed by atoms with E-state index in [0.717, 1.165) is 18.2 Å². The molecule has 2 aromatic rings. The predicted octanol–water partition coefficient (Wildman–Crippen LogP) is 6.39. The number of rotatable bonds is 7. The summed E-state index contributed by atoms with van der Waals surface area (Å²) in [5.74, 6) is -3.06. The lowest BCUT2D eigenvalue weighted by molar-refractivity contribution is -0.139. The monoisotopic (exact) mass is 504 g/mol. The molecule has 0 radical (unpaired) electrons. The summed E-state index contributed by atoms with van der Waals surface area (Å²) in [6.45, 7) is 5.58. The van der Waals surface area contributed by atoms with Gasteiger partial charge in [-0.15, -0.1) is 0 Å². The first-order valence-electron chi connectivity index (χ1n) is 9.22. The third-order valence-corrected chi connectivity index (χ3v) is 5.44. The van der Waals surface area contributed by atoms with Crippen LogP contribution in [0.25, 0.3) is 6.08 Å². The van der Waals surface area contributed by atoms with Gasteiger partial charge in [0.15, 0.2) is 0 Å². The smallest absolute Gasteiger partial charge is 0.351 e. The predicted molar refractivity (Wildman–Crippen MR) is 121 cm³/mol. The van der Waals surface area contributed by atoms with Crippen molar-refractivity contribution in [2.24, 2.45) is 0 Å². The number of carbonyl (C=O) groups excluding carboxylic acids is 2. The van der Waals surface area contributed by atoms with E-state index in [1.165, 1.54) is 30.3 Å². The van der Waals surface area contributed by atoms with Gasteiger partial charge in [0.2, 0.25) is 0 Å². The SMILES string of the molecule is C=C(NC(=O)c1ccc(C=CC(c2cc(Cl)c(Cl)c(Cl)c2)C(F)(F)F)cc1)C(=O)NCC. The molecule has 2 amide bonds. The van der Waals surface area contributed by atoms with Gasteiger partial charge >= 0.3 is 6.18 Å². The van der Waals surface area contributed by atoms with Crippen LogP contribution in [0.15, 0.2) is 54.8 Å². The second-order valence-electron chi connectivity index (χ2n) is 6.59. The summed E-state index contributed by atoms with van der Waals surface area (Å²) < 4.78 is 40.9. The van der Waals surface area contributed by atoms with Crippen LogP contribution in [-0.2, 0) is 4.79 Å². The highest BCUT2D eigenvalue weighted by Gasteiger charge is 2.39. The number of likely N-dealkylation sites (N-methyl/N-ethyl adjacent to an activating group) is 1. The number of amides is 2. The number of benzene rings is 2. The van der Waals surface area contributed by atoms with Gasteiger partial charge < -0.3 is 10.6 Å². The molecule has 170 valence electrons. The minimum Gasteiger partial charge on any atom is -0.351 e. The minimum absolute atomic E-state index is 0.0225. The third-order valence-electron chi connectivity index (χ3n) is 4.25. The van der Waals surface area contributed by atoms with Gasteiger partial charge in [-0.05, 0) is 42.3 Å². The molecule has 1 atom stereocenters. The first-order valence-corrected chi connectivity index (χ1v) is 10.3. The van der Waals surface area contributed by atoms with Gasteiger partial charge in [-0.1, -0.05) is 65.7 Å². The van der Waals surface area contributed by atoms with Gasteiger partial charge in [0.25, 0.3) is 11.8 Å². The molecule has 0 aliphatic heterocycles. The fourth-order valence-corrected chi connectivity index (χ4v) is 3.26. The maximum atomic E-state index is 13.6. The summed E-state index contributed by atoms with van der Waals surface area (Å²) in [6.07, 6.45) is -2.37. The number of nitrogens with one attached hydrogen (secondary N) is 2. The largest absolute Gasteiger partial charge is 0.399 e. The molecule has 4 nitrogen and oxygen atoms in total. The van der Waals surface area contributed by atoms with Crippen molar-refractivity contribution in [3.63, 3.8) is 0 Å². The molecule has 0 bridgehead atoms. The Morgan fingerprint density at radius 3 is 2.16 bits per heavy atom. The van der Waals surface area contributed by atoms with E-state index in [1.807, 2.05) is 0 Å². The normalized spacial score (nSPS) is 12.5. The Bertz CT molecular complexity index is 1030. The Balaban J connectivity index is 2.20. The molecule has 0 spiro atoms. The zero-order valence-electron chi connectivity index (χ0n) is 16.7. The van der Waals surface area contributed by atoms with E-state index in [1.54, 1.807) is 6.92 Å². The van der Waals surface area contributed by atoms with Crippen molar-refractivity contribution in [2.45, 2.75) is 19.0 Å². The van der Waals surface area contributed by atoms with E-state index in [0.29, 0.717) is 12.1 Å². The van der Waals surface area contributed by atoms with Crippen molar-refractivity contribution < 1.29 is 22.8 Å². The lowest BCUT2D eigenvalue weighted by Gasteiger charge is -2.18. The summed E-state index contributed by atoms with van der Waals surface area (Å²) in [5, 5.41) is 4.67. The van der Waals surface area contributed by atoms with Gasteiger partial charge in [0.1, 0.15) is 0 Å². The van der Waals surface area contributed by atoms with Crippen molar-refractivity contribution in [3.05, 3.63) is 86.5 Å². The number of hydrogen-bond acceptors (Lipinski definition) is 2. The Morgan fingerprint density at radius 2 is 1.66 bits per heavy atom. The number of alkyl halides is 3. The molecule has 0 saturated carbocycles. The van der Waals surface area contributed by atoms with E-state index >= 15 is 0 Å². The number of allylic oxidation sites excluding steroid dienone is 1. The highest BCUT2D eigenvalue weighted by atomic mass is 35.5. The zero-order valence-corrected chi connectivity index (χ0v) is 19.0. The van der Waals surface area contributed by atoms with Crippen LogP contribution in [0.2, 0.25) is 15.1 Å². The molecule has 1 unspecified atom stereocenters. The fraction of sp³-hybridized carbons (Fsp3) is 0.182. The zero-order chi connectivity index (χ0) is 24.1.